The van der Waals surface area contributed by atoms with Crippen LogP contribution in [0.1, 0.15) is 33.3 Å². The van der Waals surface area contributed by atoms with Crippen LogP contribution in [0.15, 0.2) is 12.4 Å². The molecule has 0 aliphatic heterocycles. The van der Waals surface area contributed by atoms with E-state index >= 15 is 0 Å². The Labute approximate surface area is 110 Å². The average Bonchev–Trinajstić information content (AvgIpc) is 2.33. The Kier molecular flexibility index (Phi) is 5.92. The molecule has 0 bridgehead atoms. The summed E-state index contributed by atoms with van der Waals surface area (Å²) in [5.41, 5.74) is 1.07. The van der Waals surface area contributed by atoms with E-state index in [1.807, 2.05) is 13.8 Å². The molecule has 0 fully saturated rings. The van der Waals surface area contributed by atoms with Gasteiger partial charge in [-0.3, -0.25) is 9.88 Å². The quantitative estimate of drug-likeness (QED) is 0.747. The normalized spacial score (nSPS) is 11.1. The van der Waals surface area contributed by atoms with Gasteiger partial charge in [0.2, 0.25) is 0 Å². The van der Waals surface area contributed by atoms with Gasteiger partial charge in [0.1, 0.15) is 11.5 Å². The first-order valence-corrected chi connectivity index (χ1v) is 6.52. The van der Waals surface area contributed by atoms with Crippen molar-refractivity contribution in [2.75, 3.05) is 20.3 Å². The summed E-state index contributed by atoms with van der Waals surface area (Å²) in [4.78, 5) is 6.42. The molecule has 0 radical (unpaired) electrons. The van der Waals surface area contributed by atoms with Crippen molar-refractivity contribution in [3.63, 3.8) is 0 Å². The van der Waals surface area contributed by atoms with Gasteiger partial charge in [-0.2, -0.15) is 0 Å². The van der Waals surface area contributed by atoms with Gasteiger partial charge in [0.25, 0.3) is 0 Å². The molecule has 1 heterocycles. The summed E-state index contributed by atoms with van der Waals surface area (Å²) < 4.78 is 11.3. The van der Waals surface area contributed by atoms with Crippen molar-refractivity contribution in [1.82, 2.24) is 9.88 Å². The Hall–Kier alpha value is -1.29. The van der Waals surface area contributed by atoms with Gasteiger partial charge >= 0.3 is 0 Å². The molecule has 0 aliphatic carbocycles. The first-order valence-electron chi connectivity index (χ1n) is 6.52. The molecule has 0 aliphatic rings. The molecular formula is C14H24N2O2. The molecule has 0 spiro atoms. The molecule has 4 nitrogen and oxygen atoms in total. The number of rotatable bonds is 7. The van der Waals surface area contributed by atoms with E-state index in [9.17, 15) is 0 Å². The highest BCUT2D eigenvalue weighted by molar-refractivity contribution is 5.41. The lowest BCUT2D eigenvalue weighted by molar-refractivity contribution is 0.247. The molecule has 0 saturated heterocycles. The Balaban J connectivity index is 3.01. The van der Waals surface area contributed by atoms with E-state index < -0.39 is 0 Å². The molecular weight excluding hydrogens is 228 g/mol. The molecule has 1 aromatic rings. The average molecular weight is 252 g/mol. The highest BCUT2D eigenvalue weighted by atomic mass is 16.5. The fourth-order valence-electron chi connectivity index (χ4n) is 1.60. The maximum Gasteiger partial charge on any atom is 0.145 e. The molecule has 4 heteroatoms. The fraction of sp³-hybridized carbons (Fsp3) is 0.643. The SMILES string of the molecule is CCOc1cncc(OCC)c1CN(C)C(C)C. The summed E-state index contributed by atoms with van der Waals surface area (Å²) in [5, 5.41) is 0. The van der Waals surface area contributed by atoms with Gasteiger partial charge in [-0.1, -0.05) is 0 Å². The van der Waals surface area contributed by atoms with E-state index in [1.165, 1.54) is 0 Å². The Morgan fingerprint density at radius 1 is 1.11 bits per heavy atom. The summed E-state index contributed by atoms with van der Waals surface area (Å²) in [5.74, 6) is 1.63. The van der Waals surface area contributed by atoms with Gasteiger partial charge in [0, 0.05) is 12.6 Å². The summed E-state index contributed by atoms with van der Waals surface area (Å²) in [7, 11) is 2.09. The molecule has 0 saturated carbocycles. The van der Waals surface area contributed by atoms with Crippen LogP contribution in [0.5, 0.6) is 11.5 Å². The minimum atomic E-state index is 0.474. The Morgan fingerprint density at radius 3 is 2.00 bits per heavy atom. The second-order valence-electron chi connectivity index (χ2n) is 4.49. The summed E-state index contributed by atoms with van der Waals surface area (Å²) >= 11 is 0. The molecule has 0 N–H and O–H groups in total. The third kappa shape index (κ3) is 3.88. The monoisotopic (exact) mass is 252 g/mol. The first kappa shape index (κ1) is 14.8. The van der Waals surface area contributed by atoms with Crippen molar-refractivity contribution in [2.45, 2.75) is 40.3 Å². The lowest BCUT2D eigenvalue weighted by Crippen LogP contribution is -2.26. The molecule has 0 atom stereocenters. The van der Waals surface area contributed by atoms with Crippen molar-refractivity contribution in [3.05, 3.63) is 18.0 Å². The predicted octanol–water partition coefficient (Wildman–Crippen LogP) is 2.72. The van der Waals surface area contributed by atoms with Gasteiger partial charge in [0.15, 0.2) is 0 Å². The van der Waals surface area contributed by atoms with Gasteiger partial charge in [-0.25, -0.2) is 0 Å². The highest BCUT2D eigenvalue weighted by Crippen LogP contribution is 2.29. The lowest BCUT2D eigenvalue weighted by atomic mass is 10.2. The van der Waals surface area contributed by atoms with Gasteiger partial charge in [-0.05, 0) is 34.7 Å². The van der Waals surface area contributed by atoms with E-state index in [4.69, 9.17) is 9.47 Å². The van der Waals surface area contributed by atoms with Gasteiger partial charge < -0.3 is 9.47 Å². The minimum Gasteiger partial charge on any atom is -0.492 e. The minimum absolute atomic E-state index is 0.474. The maximum absolute atomic E-state index is 5.64. The first-order chi connectivity index (χ1) is 8.60. The van der Waals surface area contributed by atoms with Crippen LogP contribution in [0.4, 0.5) is 0 Å². The van der Waals surface area contributed by atoms with Crippen molar-refractivity contribution in [3.8, 4) is 11.5 Å². The van der Waals surface area contributed by atoms with Gasteiger partial charge in [0.05, 0.1) is 31.2 Å². The lowest BCUT2D eigenvalue weighted by Gasteiger charge is -2.23. The zero-order chi connectivity index (χ0) is 13.5. The molecule has 0 amide bonds. The van der Waals surface area contributed by atoms with E-state index in [0.717, 1.165) is 23.6 Å². The third-order valence-corrected chi connectivity index (χ3v) is 2.87. The number of nitrogens with zero attached hydrogens (tertiary/aromatic N) is 2. The predicted molar refractivity (Wildman–Crippen MR) is 73.2 cm³/mol. The van der Waals surface area contributed by atoms with Crippen molar-refractivity contribution >= 4 is 0 Å². The van der Waals surface area contributed by atoms with Crippen LogP contribution in [0.3, 0.4) is 0 Å². The third-order valence-electron chi connectivity index (χ3n) is 2.87. The molecule has 1 rings (SSSR count). The standard InChI is InChI=1S/C14H24N2O2/c1-6-17-13-8-15-9-14(18-7-2)12(13)10-16(5)11(3)4/h8-9,11H,6-7,10H2,1-5H3. The van der Waals surface area contributed by atoms with Crippen LogP contribution < -0.4 is 9.47 Å². The molecule has 0 unspecified atom stereocenters. The smallest absolute Gasteiger partial charge is 0.145 e. The Morgan fingerprint density at radius 2 is 1.61 bits per heavy atom. The zero-order valence-electron chi connectivity index (χ0n) is 12.1. The second kappa shape index (κ2) is 7.21. The summed E-state index contributed by atoms with van der Waals surface area (Å²) in [6, 6.07) is 0.474. The largest absolute Gasteiger partial charge is 0.492 e. The van der Waals surface area contributed by atoms with Gasteiger partial charge in [-0.15, -0.1) is 0 Å². The van der Waals surface area contributed by atoms with E-state index in [2.05, 4.69) is 30.8 Å². The van der Waals surface area contributed by atoms with E-state index in [1.54, 1.807) is 12.4 Å². The molecule has 0 aromatic carbocycles. The van der Waals surface area contributed by atoms with Crippen molar-refractivity contribution < 1.29 is 9.47 Å². The van der Waals surface area contributed by atoms with Crippen molar-refractivity contribution in [1.29, 1.82) is 0 Å². The number of pyridine rings is 1. The number of hydrogen-bond acceptors (Lipinski definition) is 4. The van der Waals surface area contributed by atoms with E-state index in [-0.39, 0.29) is 0 Å². The van der Waals surface area contributed by atoms with E-state index in [0.29, 0.717) is 19.3 Å². The molecule has 102 valence electrons. The molecule has 18 heavy (non-hydrogen) atoms. The van der Waals surface area contributed by atoms with Crippen LogP contribution >= 0.6 is 0 Å². The molecule has 1 aromatic heterocycles. The topological polar surface area (TPSA) is 34.6 Å². The van der Waals surface area contributed by atoms with Crippen LogP contribution in [-0.2, 0) is 6.54 Å². The zero-order valence-corrected chi connectivity index (χ0v) is 12.1. The summed E-state index contributed by atoms with van der Waals surface area (Å²) in [6.07, 6.45) is 3.52. The van der Waals surface area contributed by atoms with Crippen molar-refractivity contribution in [2.24, 2.45) is 0 Å². The Bertz CT molecular complexity index is 343. The number of aromatic nitrogens is 1. The maximum atomic E-state index is 5.64. The van der Waals surface area contributed by atoms with Crippen LogP contribution in [-0.4, -0.2) is 36.2 Å². The summed E-state index contributed by atoms with van der Waals surface area (Å²) in [6.45, 7) is 10.4. The second-order valence-corrected chi connectivity index (χ2v) is 4.49. The van der Waals surface area contributed by atoms with Crippen LogP contribution in [0.25, 0.3) is 0 Å². The highest BCUT2D eigenvalue weighted by Gasteiger charge is 2.15. The van der Waals surface area contributed by atoms with Crippen LogP contribution in [0.2, 0.25) is 0 Å². The number of hydrogen-bond donors (Lipinski definition) is 0. The van der Waals surface area contributed by atoms with Crippen LogP contribution in [0, 0.1) is 0 Å². The fourth-order valence-corrected chi connectivity index (χ4v) is 1.60. The number of ether oxygens (including phenoxy) is 2.